The zero-order chi connectivity index (χ0) is 25.0. The predicted octanol–water partition coefficient (Wildman–Crippen LogP) is 5.13. The molecule has 0 unspecified atom stereocenters. The summed E-state index contributed by atoms with van der Waals surface area (Å²) in [6.07, 6.45) is 3.86. The molecule has 0 radical (unpaired) electrons. The van der Waals surface area contributed by atoms with Gasteiger partial charge in [0.2, 0.25) is 5.78 Å². The highest BCUT2D eigenvalue weighted by molar-refractivity contribution is 6.08. The lowest BCUT2D eigenvalue weighted by Gasteiger charge is -2.26. The fourth-order valence-electron chi connectivity index (χ4n) is 4.14. The summed E-state index contributed by atoms with van der Waals surface area (Å²) in [5.41, 5.74) is 3.43. The molecular formula is C28H32N4O3. The number of benzene rings is 1. The third kappa shape index (κ3) is 6.04. The topological polar surface area (TPSA) is 75.6 Å². The number of hydrogen-bond acceptors (Lipinski definition) is 6. The number of ether oxygens (including phenoxy) is 1. The van der Waals surface area contributed by atoms with Crippen molar-refractivity contribution in [1.82, 2.24) is 14.9 Å². The Labute approximate surface area is 206 Å². The van der Waals surface area contributed by atoms with E-state index in [0.29, 0.717) is 30.9 Å². The first-order chi connectivity index (χ1) is 16.7. The standard InChI is InChI=1S/C28H32N4O3/c1-20-9-5-6-10-23(20)21-17-22(19-29-18-21)26(33)24-11-7-12-25(30-24)31-13-8-14-32(16-15-31)27(34)35-28(2,3)4/h5-7,9-12,17-19H,8,13-16H2,1-4H3. The molecule has 0 saturated carbocycles. The fourth-order valence-corrected chi connectivity index (χ4v) is 4.14. The highest BCUT2D eigenvalue weighted by Crippen LogP contribution is 2.24. The lowest BCUT2D eigenvalue weighted by Crippen LogP contribution is -2.39. The summed E-state index contributed by atoms with van der Waals surface area (Å²) in [6, 6.07) is 15.4. The van der Waals surface area contributed by atoms with E-state index in [9.17, 15) is 9.59 Å². The van der Waals surface area contributed by atoms with E-state index in [1.807, 2.05) is 70.2 Å². The van der Waals surface area contributed by atoms with Crippen molar-refractivity contribution in [2.75, 3.05) is 31.1 Å². The molecule has 1 aromatic carbocycles. The van der Waals surface area contributed by atoms with Crippen LogP contribution in [-0.4, -0.2) is 58.5 Å². The maximum Gasteiger partial charge on any atom is 0.410 e. The van der Waals surface area contributed by atoms with E-state index < -0.39 is 5.60 Å². The first kappa shape index (κ1) is 24.4. The van der Waals surface area contributed by atoms with Gasteiger partial charge in [-0.1, -0.05) is 30.3 Å². The molecule has 3 aromatic rings. The highest BCUT2D eigenvalue weighted by atomic mass is 16.6. The minimum atomic E-state index is -0.523. The van der Waals surface area contributed by atoms with Gasteiger partial charge in [-0.25, -0.2) is 9.78 Å². The van der Waals surface area contributed by atoms with E-state index in [0.717, 1.165) is 35.5 Å². The van der Waals surface area contributed by atoms with Crippen molar-refractivity contribution in [1.29, 1.82) is 0 Å². The second-order valence-corrected chi connectivity index (χ2v) is 9.80. The third-order valence-electron chi connectivity index (χ3n) is 5.90. The minimum absolute atomic E-state index is 0.167. The van der Waals surface area contributed by atoms with Gasteiger partial charge in [-0.05, 0) is 63.4 Å². The number of nitrogens with zero attached hydrogens (tertiary/aromatic N) is 4. The largest absolute Gasteiger partial charge is 0.444 e. The monoisotopic (exact) mass is 472 g/mol. The van der Waals surface area contributed by atoms with Crippen LogP contribution >= 0.6 is 0 Å². The molecule has 0 aliphatic carbocycles. The maximum atomic E-state index is 13.3. The summed E-state index contributed by atoms with van der Waals surface area (Å²) in [4.78, 5) is 38.6. The zero-order valence-electron chi connectivity index (χ0n) is 20.8. The van der Waals surface area contributed by atoms with Gasteiger partial charge < -0.3 is 14.5 Å². The molecule has 35 heavy (non-hydrogen) atoms. The van der Waals surface area contributed by atoms with Crippen LogP contribution in [0, 0.1) is 6.92 Å². The van der Waals surface area contributed by atoms with Gasteiger partial charge in [-0.15, -0.1) is 0 Å². The van der Waals surface area contributed by atoms with E-state index >= 15 is 0 Å². The summed E-state index contributed by atoms with van der Waals surface area (Å²) < 4.78 is 5.52. The summed E-state index contributed by atoms with van der Waals surface area (Å²) in [7, 11) is 0. The molecule has 4 rings (SSSR count). The molecule has 182 valence electrons. The average Bonchev–Trinajstić information content (AvgIpc) is 3.10. The molecule has 0 bridgehead atoms. The van der Waals surface area contributed by atoms with Crippen molar-refractivity contribution >= 4 is 17.7 Å². The van der Waals surface area contributed by atoms with Crippen molar-refractivity contribution in [3.8, 4) is 11.1 Å². The van der Waals surface area contributed by atoms with Crippen LogP contribution in [0.4, 0.5) is 10.6 Å². The number of carbonyl (C=O) groups is 2. The van der Waals surface area contributed by atoms with Gasteiger partial charge in [0.15, 0.2) is 0 Å². The van der Waals surface area contributed by atoms with Crippen LogP contribution in [0.25, 0.3) is 11.1 Å². The SMILES string of the molecule is Cc1ccccc1-c1cncc(C(=O)c2cccc(N3CCCN(C(=O)OC(C)(C)C)CC3)n2)c1. The van der Waals surface area contributed by atoms with Gasteiger partial charge in [0.1, 0.15) is 17.1 Å². The Hall–Kier alpha value is -3.74. The molecule has 1 aliphatic heterocycles. The van der Waals surface area contributed by atoms with E-state index in [-0.39, 0.29) is 11.9 Å². The lowest BCUT2D eigenvalue weighted by atomic mass is 9.99. The molecule has 1 fully saturated rings. The average molecular weight is 473 g/mol. The van der Waals surface area contributed by atoms with Crippen LogP contribution in [0.3, 0.4) is 0 Å². The molecular weight excluding hydrogens is 440 g/mol. The number of hydrogen-bond donors (Lipinski definition) is 0. The number of carbonyl (C=O) groups excluding carboxylic acids is 2. The van der Waals surface area contributed by atoms with Crippen molar-refractivity contribution < 1.29 is 14.3 Å². The van der Waals surface area contributed by atoms with E-state index in [4.69, 9.17) is 4.74 Å². The fraction of sp³-hybridized carbons (Fsp3) is 0.357. The zero-order valence-corrected chi connectivity index (χ0v) is 20.8. The molecule has 1 aliphatic rings. The number of aromatic nitrogens is 2. The quantitative estimate of drug-likeness (QED) is 0.490. The van der Waals surface area contributed by atoms with Gasteiger partial charge in [0, 0.05) is 49.7 Å². The Bertz CT molecular complexity index is 1220. The second-order valence-electron chi connectivity index (χ2n) is 9.80. The lowest BCUT2D eigenvalue weighted by molar-refractivity contribution is 0.0263. The number of rotatable bonds is 4. The van der Waals surface area contributed by atoms with Crippen LogP contribution in [0.15, 0.2) is 60.9 Å². The third-order valence-corrected chi connectivity index (χ3v) is 5.90. The number of ketones is 1. The highest BCUT2D eigenvalue weighted by Gasteiger charge is 2.25. The Morgan fingerprint density at radius 2 is 1.74 bits per heavy atom. The van der Waals surface area contributed by atoms with Crippen molar-refractivity contribution in [2.24, 2.45) is 0 Å². The molecule has 7 heteroatoms. The number of amides is 1. The Morgan fingerprint density at radius 1 is 0.943 bits per heavy atom. The number of anilines is 1. The Balaban J connectivity index is 1.50. The summed E-state index contributed by atoms with van der Waals surface area (Å²) >= 11 is 0. The molecule has 3 heterocycles. The van der Waals surface area contributed by atoms with Gasteiger partial charge in [-0.2, -0.15) is 0 Å². The Morgan fingerprint density at radius 3 is 2.51 bits per heavy atom. The summed E-state index contributed by atoms with van der Waals surface area (Å²) in [5.74, 6) is 0.560. The van der Waals surface area contributed by atoms with Gasteiger partial charge >= 0.3 is 6.09 Å². The molecule has 1 amide bonds. The normalized spacial score (nSPS) is 14.4. The number of pyridine rings is 2. The molecule has 1 saturated heterocycles. The van der Waals surface area contributed by atoms with E-state index in [1.165, 1.54) is 0 Å². The Kier molecular flexibility index (Phi) is 7.15. The van der Waals surface area contributed by atoms with Crippen molar-refractivity contribution in [3.05, 3.63) is 77.7 Å². The second kappa shape index (κ2) is 10.3. The summed E-state index contributed by atoms with van der Waals surface area (Å²) in [5, 5.41) is 0. The molecule has 7 nitrogen and oxygen atoms in total. The van der Waals surface area contributed by atoms with Crippen LogP contribution in [0.1, 0.15) is 48.8 Å². The predicted molar refractivity (Wildman–Crippen MR) is 137 cm³/mol. The van der Waals surface area contributed by atoms with Crippen LogP contribution in [0.5, 0.6) is 0 Å². The molecule has 2 aromatic heterocycles. The minimum Gasteiger partial charge on any atom is -0.444 e. The first-order valence-corrected chi connectivity index (χ1v) is 12.0. The summed E-state index contributed by atoms with van der Waals surface area (Å²) in [6.45, 7) is 10.2. The van der Waals surface area contributed by atoms with Crippen LogP contribution in [0.2, 0.25) is 0 Å². The molecule has 0 spiro atoms. The van der Waals surface area contributed by atoms with Crippen molar-refractivity contribution in [2.45, 2.75) is 39.7 Å². The molecule has 0 atom stereocenters. The van der Waals surface area contributed by atoms with E-state index in [2.05, 4.69) is 14.9 Å². The smallest absolute Gasteiger partial charge is 0.410 e. The van der Waals surface area contributed by atoms with Crippen molar-refractivity contribution in [3.63, 3.8) is 0 Å². The maximum absolute atomic E-state index is 13.3. The van der Waals surface area contributed by atoms with Crippen LogP contribution in [-0.2, 0) is 4.74 Å². The van der Waals surface area contributed by atoms with Crippen LogP contribution < -0.4 is 4.90 Å². The first-order valence-electron chi connectivity index (χ1n) is 12.0. The van der Waals surface area contributed by atoms with Gasteiger partial charge in [0.05, 0.1) is 0 Å². The molecule has 0 N–H and O–H groups in total. The van der Waals surface area contributed by atoms with Gasteiger partial charge in [-0.3, -0.25) is 9.78 Å². The van der Waals surface area contributed by atoms with Gasteiger partial charge in [0.25, 0.3) is 0 Å². The van der Waals surface area contributed by atoms with E-state index in [1.54, 1.807) is 23.4 Å². The number of aryl methyl sites for hydroxylation is 1.